The summed E-state index contributed by atoms with van der Waals surface area (Å²) in [5.41, 5.74) is 6.48. The van der Waals surface area contributed by atoms with Crippen LogP contribution in [-0.4, -0.2) is 16.3 Å². The molecule has 0 unspecified atom stereocenters. The first-order valence-electron chi connectivity index (χ1n) is 5.76. The molecule has 0 aliphatic heterocycles. The van der Waals surface area contributed by atoms with E-state index in [4.69, 9.17) is 21.9 Å². The second-order valence-electron chi connectivity index (χ2n) is 4.16. The summed E-state index contributed by atoms with van der Waals surface area (Å²) in [6.07, 6.45) is -5.61. The van der Waals surface area contributed by atoms with Gasteiger partial charge < -0.3 is 10.3 Å². The number of hydrogen-bond acceptors (Lipinski definition) is 4. The van der Waals surface area contributed by atoms with Gasteiger partial charge in [-0.1, -0.05) is 35.0 Å². The molecule has 0 fully saturated rings. The van der Waals surface area contributed by atoms with Crippen LogP contribution in [0.3, 0.4) is 0 Å². The molecule has 2 rings (SSSR count). The van der Waals surface area contributed by atoms with E-state index < -0.39 is 18.6 Å². The first-order chi connectivity index (χ1) is 9.37. The van der Waals surface area contributed by atoms with Crippen molar-refractivity contribution < 1.29 is 17.7 Å². The van der Waals surface area contributed by atoms with Crippen LogP contribution in [0.15, 0.2) is 28.8 Å². The number of alkyl halides is 3. The SMILES string of the molecule is N[C@@H](c1nc(CCC(F)(F)F)no1)c1ccccc1Cl. The van der Waals surface area contributed by atoms with E-state index in [0.717, 1.165) is 0 Å². The van der Waals surface area contributed by atoms with Crippen molar-refractivity contribution in [2.75, 3.05) is 0 Å². The summed E-state index contributed by atoms with van der Waals surface area (Å²) in [4.78, 5) is 3.87. The van der Waals surface area contributed by atoms with E-state index in [1.807, 2.05) is 0 Å². The minimum absolute atomic E-state index is 0.0279. The Morgan fingerprint density at radius 3 is 2.65 bits per heavy atom. The van der Waals surface area contributed by atoms with Crippen LogP contribution in [0, 0.1) is 0 Å². The van der Waals surface area contributed by atoms with Crippen LogP contribution in [0.1, 0.15) is 29.7 Å². The van der Waals surface area contributed by atoms with Crippen molar-refractivity contribution in [1.29, 1.82) is 0 Å². The van der Waals surface area contributed by atoms with Gasteiger partial charge in [0.05, 0.1) is 6.42 Å². The van der Waals surface area contributed by atoms with Crippen LogP contribution in [0.2, 0.25) is 5.02 Å². The predicted molar refractivity (Wildman–Crippen MR) is 66.2 cm³/mol. The summed E-state index contributed by atoms with van der Waals surface area (Å²) in [6.45, 7) is 0. The summed E-state index contributed by atoms with van der Waals surface area (Å²) < 4.78 is 41.2. The fourth-order valence-corrected chi connectivity index (χ4v) is 1.86. The van der Waals surface area contributed by atoms with E-state index in [1.165, 1.54) is 0 Å². The van der Waals surface area contributed by atoms with Crippen molar-refractivity contribution in [3.8, 4) is 0 Å². The molecule has 0 saturated carbocycles. The molecule has 1 aromatic carbocycles. The van der Waals surface area contributed by atoms with E-state index in [-0.39, 0.29) is 18.1 Å². The average Bonchev–Trinajstić information content (AvgIpc) is 2.84. The van der Waals surface area contributed by atoms with Gasteiger partial charge in [-0.25, -0.2) is 0 Å². The van der Waals surface area contributed by atoms with E-state index in [9.17, 15) is 13.2 Å². The standard InChI is InChI=1S/C12H11ClF3N3O/c13-8-4-2-1-3-7(8)10(17)11-18-9(19-20-11)5-6-12(14,15)16/h1-4,10H,5-6,17H2/t10-/m1/s1. The van der Waals surface area contributed by atoms with Crippen molar-refractivity contribution in [2.24, 2.45) is 5.73 Å². The maximum atomic E-state index is 12.1. The Hall–Kier alpha value is -1.60. The molecule has 108 valence electrons. The Morgan fingerprint density at radius 2 is 2.00 bits per heavy atom. The monoisotopic (exact) mass is 305 g/mol. The van der Waals surface area contributed by atoms with Crippen LogP contribution in [0.25, 0.3) is 0 Å². The molecular weight excluding hydrogens is 295 g/mol. The van der Waals surface area contributed by atoms with Crippen LogP contribution >= 0.6 is 11.6 Å². The molecule has 1 heterocycles. The van der Waals surface area contributed by atoms with E-state index in [0.29, 0.717) is 10.6 Å². The van der Waals surface area contributed by atoms with Gasteiger partial charge in [0.1, 0.15) is 6.04 Å². The first-order valence-corrected chi connectivity index (χ1v) is 6.14. The summed E-state index contributed by atoms with van der Waals surface area (Å²) in [6, 6.07) is 6.05. The molecule has 20 heavy (non-hydrogen) atoms. The molecule has 0 aliphatic rings. The molecule has 8 heteroatoms. The zero-order valence-electron chi connectivity index (χ0n) is 10.2. The smallest absolute Gasteiger partial charge is 0.337 e. The van der Waals surface area contributed by atoms with Gasteiger partial charge >= 0.3 is 6.18 Å². The van der Waals surface area contributed by atoms with Gasteiger partial charge in [0, 0.05) is 11.4 Å². The molecule has 0 radical (unpaired) electrons. The Balaban J connectivity index is 2.11. The number of aromatic nitrogens is 2. The molecule has 0 spiro atoms. The maximum Gasteiger partial charge on any atom is 0.389 e. The highest BCUT2D eigenvalue weighted by Gasteiger charge is 2.28. The number of aryl methyl sites for hydroxylation is 1. The Kier molecular flexibility index (Phi) is 4.29. The minimum atomic E-state index is -4.26. The second-order valence-corrected chi connectivity index (χ2v) is 4.57. The third-order valence-corrected chi connectivity index (χ3v) is 2.97. The fourth-order valence-electron chi connectivity index (χ4n) is 1.61. The summed E-state index contributed by atoms with van der Waals surface area (Å²) >= 11 is 5.98. The summed E-state index contributed by atoms with van der Waals surface area (Å²) in [5.74, 6) is 0.00935. The summed E-state index contributed by atoms with van der Waals surface area (Å²) in [7, 11) is 0. The highest BCUT2D eigenvalue weighted by molar-refractivity contribution is 6.31. The highest BCUT2D eigenvalue weighted by atomic mass is 35.5. The lowest BCUT2D eigenvalue weighted by Gasteiger charge is -2.08. The molecule has 2 aromatic rings. The van der Waals surface area contributed by atoms with Crippen molar-refractivity contribution in [1.82, 2.24) is 10.1 Å². The van der Waals surface area contributed by atoms with Crippen LogP contribution in [-0.2, 0) is 6.42 Å². The zero-order chi connectivity index (χ0) is 14.8. The first kappa shape index (κ1) is 14.8. The quantitative estimate of drug-likeness (QED) is 0.941. The molecule has 0 saturated heterocycles. The average molecular weight is 306 g/mol. The lowest BCUT2D eigenvalue weighted by Crippen LogP contribution is -2.13. The van der Waals surface area contributed by atoms with Gasteiger partial charge in [-0.2, -0.15) is 18.2 Å². The van der Waals surface area contributed by atoms with Crippen LogP contribution < -0.4 is 5.73 Å². The van der Waals surface area contributed by atoms with Crippen molar-refractivity contribution in [3.63, 3.8) is 0 Å². The van der Waals surface area contributed by atoms with Gasteiger partial charge in [0.2, 0.25) is 5.89 Å². The molecule has 4 nitrogen and oxygen atoms in total. The van der Waals surface area contributed by atoms with E-state index in [1.54, 1.807) is 24.3 Å². The molecule has 1 aromatic heterocycles. The van der Waals surface area contributed by atoms with Gasteiger partial charge in [0.25, 0.3) is 0 Å². The molecule has 0 amide bonds. The van der Waals surface area contributed by atoms with Gasteiger partial charge in [-0.15, -0.1) is 0 Å². The highest BCUT2D eigenvalue weighted by Crippen LogP contribution is 2.26. The largest absolute Gasteiger partial charge is 0.389 e. The van der Waals surface area contributed by atoms with Crippen molar-refractivity contribution in [3.05, 3.63) is 46.6 Å². The third-order valence-electron chi connectivity index (χ3n) is 2.62. The van der Waals surface area contributed by atoms with Gasteiger partial charge in [-0.05, 0) is 11.6 Å². The van der Waals surface area contributed by atoms with Crippen molar-refractivity contribution >= 4 is 11.6 Å². The predicted octanol–water partition coefficient (Wildman–Crippen LogP) is 3.27. The van der Waals surface area contributed by atoms with Gasteiger partial charge in [0.15, 0.2) is 5.82 Å². The normalized spacial score (nSPS) is 13.4. The number of rotatable bonds is 4. The number of halogens is 4. The summed E-state index contributed by atoms with van der Waals surface area (Å²) in [5, 5.41) is 3.91. The Morgan fingerprint density at radius 1 is 1.30 bits per heavy atom. The number of nitrogens with two attached hydrogens (primary N) is 1. The molecule has 0 bridgehead atoms. The number of hydrogen-bond donors (Lipinski definition) is 1. The molecule has 1 atom stereocenters. The van der Waals surface area contributed by atoms with Crippen LogP contribution in [0.4, 0.5) is 13.2 Å². The maximum absolute atomic E-state index is 12.1. The van der Waals surface area contributed by atoms with Crippen molar-refractivity contribution in [2.45, 2.75) is 25.1 Å². The molecular formula is C12H11ClF3N3O. The fraction of sp³-hybridized carbons (Fsp3) is 0.333. The number of benzene rings is 1. The van der Waals surface area contributed by atoms with Gasteiger partial charge in [-0.3, -0.25) is 0 Å². The van der Waals surface area contributed by atoms with E-state index >= 15 is 0 Å². The lowest BCUT2D eigenvalue weighted by atomic mass is 10.1. The minimum Gasteiger partial charge on any atom is -0.337 e. The number of nitrogens with zero attached hydrogens (tertiary/aromatic N) is 2. The second kappa shape index (κ2) is 5.80. The lowest BCUT2D eigenvalue weighted by molar-refractivity contribution is -0.134. The molecule has 2 N–H and O–H groups in total. The topological polar surface area (TPSA) is 64.9 Å². The molecule has 0 aliphatic carbocycles. The zero-order valence-corrected chi connectivity index (χ0v) is 10.9. The van der Waals surface area contributed by atoms with Crippen LogP contribution in [0.5, 0.6) is 0 Å². The Bertz CT molecular complexity index is 585. The Labute approximate surface area is 117 Å². The third kappa shape index (κ3) is 3.71. The van der Waals surface area contributed by atoms with E-state index in [2.05, 4.69) is 10.1 Å².